The minimum Gasteiger partial charge on any atom is -0.348 e. The van der Waals surface area contributed by atoms with Gasteiger partial charge in [-0.05, 0) is 61.1 Å². The number of benzene rings is 1. The second-order valence-electron chi connectivity index (χ2n) is 8.05. The van der Waals surface area contributed by atoms with E-state index in [2.05, 4.69) is 16.7 Å². The van der Waals surface area contributed by atoms with Crippen LogP contribution >= 0.6 is 11.3 Å². The molecule has 1 saturated heterocycles. The molecule has 4 amide bonds. The number of fused-ring (bicyclic) bond motifs is 3. The fourth-order valence-corrected chi connectivity index (χ4v) is 5.97. The van der Waals surface area contributed by atoms with Gasteiger partial charge >= 0.3 is 6.03 Å². The monoisotopic (exact) mass is 409 g/mol. The van der Waals surface area contributed by atoms with Crippen LogP contribution in [0.5, 0.6) is 0 Å². The van der Waals surface area contributed by atoms with Gasteiger partial charge in [0.15, 0.2) is 0 Å². The molecule has 2 heterocycles. The molecule has 0 bridgehead atoms. The van der Waals surface area contributed by atoms with Crippen molar-refractivity contribution in [3.8, 4) is 0 Å². The van der Waals surface area contributed by atoms with Gasteiger partial charge in [0, 0.05) is 10.4 Å². The summed E-state index contributed by atoms with van der Waals surface area (Å²) in [7, 11) is 0. The molecule has 150 valence electrons. The number of carbonyl (C=O) groups excluding carboxylic acids is 3. The maximum absolute atomic E-state index is 13.2. The Bertz CT molecular complexity index is 1000. The number of urea groups is 1. The smallest absolute Gasteiger partial charge is 0.325 e. The highest BCUT2D eigenvalue weighted by molar-refractivity contribution is 7.10. The van der Waals surface area contributed by atoms with Gasteiger partial charge in [-0.3, -0.25) is 14.5 Å². The second kappa shape index (κ2) is 6.99. The zero-order valence-corrected chi connectivity index (χ0v) is 16.9. The normalized spacial score (nSPS) is 25.5. The van der Waals surface area contributed by atoms with Crippen LogP contribution in [-0.2, 0) is 28.0 Å². The van der Waals surface area contributed by atoms with Crippen molar-refractivity contribution in [3.05, 3.63) is 57.3 Å². The molecule has 2 atom stereocenters. The summed E-state index contributed by atoms with van der Waals surface area (Å²) in [5.41, 5.74) is 2.29. The van der Waals surface area contributed by atoms with Crippen molar-refractivity contribution in [1.29, 1.82) is 0 Å². The predicted molar refractivity (Wildman–Crippen MR) is 109 cm³/mol. The highest BCUT2D eigenvalue weighted by atomic mass is 32.1. The lowest BCUT2D eigenvalue weighted by molar-refractivity contribution is -0.135. The van der Waals surface area contributed by atoms with Crippen LogP contribution in [0.3, 0.4) is 0 Å². The molecular weight excluding hydrogens is 386 g/mol. The Morgan fingerprint density at radius 3 is 2.97 bits per heavy atom. The van der Waals surface area contributed by atoms with Crippen molar-refractivity contribution < 1.29 is 14.4 Å². The number of amides is 4. The summed E-state index contributed by atoms with van der Waals surface area (Å²) >= 11 is 1.62. The van der Waals surface area contributed by atoms with Gasteiger partial charge in [0.2, 0.25) is 5.91 Å². The van der Waals surface area contributed by atoms with Crippen LogP contribution in [0, 0.1) is 0 Å². The lowest BCUT2D eigenvalue weighted by Gasteiger charge is -2.31. The molecule has 5 rings (SSSR count). The van der Waals surface area contributed by atoms with Crippen LogP contribution in [-0.4, -0.2) is 29.3 Å². The van der Waals surface area contributed by atoms with E-state index in [-0.39, 0.29) is 24.4 Å². The maximum Gasteiger partial charge on any atom is 0.325 e. The van der Waals surface area contributed by atoms with Crippen molar-refractivity contribution in [1.82, 2.24) is 15.5 Å². The number of hydrogen-bond donors (Lipinski definition) is 2. The molecule has 0 saturated carbocycles. The number of nitrogens with zero attached hydrogens (tertiary/aromatic N) is 1. The molecule has 3 aliphatic rings. The highest BCUT2D eigenvalue weighted by Crippen LogP contribution is 2.42. The summed E-state index contributed by atoms with van der Waals surface area (Å²) < 4.78 is 0. The van der Waals surface area contributed by atoms with Gasteiger partial charge in [-0.15, -0.1) is 11.3 Å². The largest absolute Gasteiger partial charge is 0.348 e. The summed E-state index contributed by atoms with van der Waals surface area (Å²) in [4.78, 5) is 40.9. The first-order chi connectivity index (χ1) is 14.1. The molecule has 2 aromatic rings. The zero-order chi connectivity index (χ0) is 20.0. The Kier molecular flexibility index (Phi) is 4.42. The Morgan fingerprint density at radius 2 is 2.07 bits per heavy atom. The number of aryl methyl sites for hydroxylation is 2. The number of nitrogens with one attached hydrogen (secondary N) is 2. The molecule has 2 N–H and O–H groups in total. The van der Waals surface area contributed by atoms with E-state index < -0.39 is 11.6 Å². The van der Waals surface area contributed by atoms with Gasteiger partial charge in [0.1, 0.15) is 12.1 Å². The topological polar surface area (TPSA) is 78.5 Å². The first-order valence-electron chi connectivity index (χ1n) is 10.2. The van der Waals surface area contributed by atoms with Gasteiger partial charge in [-0.1, -0.05) is 24.3 Å². The Hall–Kier alpha value is -2.67. The van der Waals surface area contributed by atoms with Crippen molar-refractivity contribution >= 4 is 29.2 Å². The van der Waals surface area contributed by atoms with Crippen LogP contribution in [0.4, 0.5) is 4.79 Å². The molecule has 2 unspecified atom stereocenters. The molecule has 29 heavy (non-hydrogen) atoms. The van der Waals surface area contributed by atoms with E-state index in [0.29, 0.717) is 6.42 Å². The minimum absolute atomic E-state index is 0.0691. The van der Waals surface area contributed by atoms with Gasteiger partial charge in [0.05, 0.1) is 6.04 Å². The number of imide groups is 1. The maximum atomic E-state index is 13.2. The number of thiophene rings is 1. The quantitative estimate of drug-likeness (QED) is 0.765. The fourth-order valence-electron chi connectivity index (χ4n) is 4.97. The third-order valence-electron chi connectivity index (χ3n) is 6.34. The molecule has 1 aromatic carbocycles. The van der Waals surface area contributed by atoms with E-state index >= 15 is 0 Å². The molecule has 6 nitrogen and oxygen atoms in total. The highest BCUT2D eigenvalue weighted by Gasteiger charge is 2.54. The van der Waals surface area contributed by atoms with Gasteiger partial charge in [-0.25, -0.2) is 4.79 Å². The van der Waals surface area contributed by atoms with E-state index in [9.17, 15) is 14.4 Å². The van der Waals surface area contributed by atoms with Crippen LogP contribution in [0.1, 0.15) is 53.3 Å². The van der Waals surface area contributed by atoms with E-state index in [1.54, 1.807) is 11.3 Å². The third kappa shape index (κ3) is 2.95. The van der Waals surface area contributed by atoms with E-state index in [0.717, 1.165) is 53.0 Å². The van der Waals surface area contributed by atoms with E-state index in [1.165, 1.54) is 5.56 Å². The van der Waals surface area contributed by atoms with Crippen LogP contribution < -0.4 is 10.6 Å². The Labute approximate surface area is 173 Å². The van der Waals surface area contributed by atoms with Crippen molar-refractivity contribution in [2.75, 3.05) is 6.54 Å². The molecule has 1 aliphatic heterocycles. The summed E-state index contributed by atoms with van der Waals surface area (Å²) in [5, 5.41) is 7.90. The van der Waals surface area contributed by atoms with Gasteiger partial charge < -0.3 is 10.6 Å². The van der Waals surface area contributed by atoms with Gasteiger partial charge in [0.25, 0.3) is 5.91 Å². The summed E-state index contributed by atoms with van der Waals surface area (Å²) in [5.74, 6) is -0.602. The van der Waals surface area contributed by atoms with Gasteiger partial charge in [-0.2, -0.15) is 0 Å². The zero-order valence-electron chi connectivity index (χ0n) is 16.1. The fraction of sp³-hybridized carbons (Fsp3) is 0.409. The average Bonchev–Trinajstić information content (AvgIpc) is 3.29. The average molecular weight is 410 g/mol. The molecule has 7 heteroatoms. The molecule has 0 radical (unpaired) electrons. The number of hydrogen-bond acceptors (Lipinski definition) is 4. The van der Waals surface area contributed by atoms with Crippen LogP contribution in [0.2, 0.25) is 0 Å². The molecule has 2 aliphatic carbocycles. The first kappa shape index (κ1) is 18.4. The lowest BCUT2D eigenvalue weighted by atomic mass is 9.80. The minimum atomic E-state index is -0.998. The third-order valence-corrected chi connectivity index (χ3v) is 7.32. The summed E-state index contributed by atoms with van der Waals surface area (Å²) in [6, 6.07) is 9.51. The first-order valence-corrected chi connectivity index (χ1v) is 11.0. The molecular formula is C22H23N3O3S. The standard InChI is InChI=1S/C22H23N3O3S/c26-19(23-17-8-3-6-14-5-1-2-7-15(14)17)13-25-20(27)22(24-21(25)28)11-4-9-18-16(22)10-12-29-18/h1-2,5,7,10,12,17H,3-4,6,8-9,11,13H2,(H,23,26)(H,24,28). The summed E-state index contributed by atoms with van der Waals surface area (Å²) in [6.45, 7) is -0.245. The molecule has 1 spiro atoms. The van der Waals surface area contributed by atoms with Crippen molar-refractivity contribution in [3.63, 3.8) is 0 Å². The Morgan fingerprint density at radius 1 is 1.21 bits per heavy atom. The van der Waals surface area contributed by atoms with E-state index in [1.807, 2.05) is 29.6 Å². The SMILES string of the molecule is O=C(CN1C(=O)NC2(CCCc3sccc32)C1=O)NC1CCCc2ccccc21. The summed E-state index contributed by atoms with van der Waals surface area (Å²) in [6.07, 6.45) is 5.24. The van der Waals surface area contributed by atoms with Crippen molar-refractivity contribution in [2.24, 2.45) is 0 Å². The lowest BCUT2D eigenvalue weighted by Crippen LogP contribution is -2.47. The Balaban J connectivity index is 1.33. The van der Waals surface area contributed by atoms with Crippen LogP contribution in [0.15, 0.2) is 35.7 Å². The predicted octanol–water partition coefficient (Wildman–Crippen LogP) is 3.03. The van der Waals surface area contributed by atoms with E-state index in [4.69, 9.17) is 0 Å². The molecule has 1 aromatic heterocycles. The number of rotatable bonds is 3. The second-order valence-corrected chi connectivity index (χ2v) is 9.05. The van der Waals surface area contributed by atoms with Crippen molar-refractivity contribution in [2.45, 2.75) is 50.1 Å². The van der Waals surface area contributed by atoms with Crippen LogP contribution in [0.25, 0.3) is 0 Å². The number of carbonyl (C=O) groups is 3. The molecule has 1 fully saturated rings.